The number of rotatable bonds is 1. The minimum atomic E-state index is -0.904. The van der Waals surface area contributed by atoms with Crippen molar-refractivity contribution in [2.75, 3.05) is 0 Å². The molecule has 52 valence electrons. The van der Waals surface area contributed by atoms with Gasteiger partial charge in [-0.25, -0.2) is 0 Å². The lowest BCUT2D eigenvalue weighted by Gasteiger charge is -2.04. The van der Waals surface area contributed by atoms with Gasteiger partial charge >= 0.3 is 0 Å². The smallest absolute Gasteiger partial charge is 0.226 e. The van der Waals surface area contributed by atoms with E-state index in [1.54, 1.807) is 6.92 Å². The van der Waals surface area contributed by atoms with Crippen molar-refractivity contribution in [1.82, 2.24) is 0 Å². The fraction of sp³-hybridized carbons (Fsp3) is 0.800. The zero-order valence-electron chi connectivity index (χ0n) is 4.95. The number of alkyl halides is 2. The first-order valence-corrected chi connectivity index (χ1v) is 3.33. The molecule has 1 saturated carbocycles. The fourth-order valence-electron chi connectivity index (χ4n) is 0.667. The number of hydrogen-bond acceptors (Lipinski definition) is 1. The van der Waals surface area contributed by atoms with E-state index in [4.69, 9.17) is 28.9 Å². The molecule has 0 spiro atoms. The molecule has 1 aliphatic rings. The van der Waals surface area contributed by atoms with Gasteiger partial charge in [0.05, 0.1) is 5.41 Å². The van der Waals surface area contributed by atoms with E-state index in [9.17, 15) is 4.79 Å². The quantitative estimate of drug-likeness (QED) is 0.584. The van der Waals surface area contributed by atoms with E-state index >= 15 is 0 Å². The molecule has 0 aliphatic heterocycles. The van der Waals surface area contributed by atoms with E-state index in [2.05, 4.69) is 0 Å². The molecule has 0 aromatic heterocycles. The zero-order chi connectivity index (χ0) is 7.28. The van der Waals surface area contributed by atoms with Crippen LogP contribution in [0.25, 0.3) is 0 Å². The highest BCUT2D eigenvalue weighted by Crippen LogP contribution is 2.63. The first-order chi connectivity index (χ1) is 3.90. The van der Waals surface area contributed by atoms with Gasteiger partial charge in [0.1, 0.15) is 4.33 Å². The number of amides is 1. The van der Waals surface area contributed by atoms with E-state index in [1.807, 2.05) is 0 Å². The van der Waals surface area contributed by atoms with E-state index in [0.717, 1.165) is 0 Å². The van der Waals surface area contributed by atoms with Crippen LogP contribution in [-0.2, 0) is 4.79 Å². The average Bonchev–Trinajstić information content (AvgIpc) is 2.08. The maximum Gasteiger partial charge on any atom is 0.226 e. The van der Waals surface area contributed by atoms with Gasteiger partial charge in [-0.3, -0.25) is 4.79 Å². The highest BCUT2D eigenvalue weighted by Gasteiger charge is 2.67. The van der Waals surface area contributed by atoms with Gasteiger partial charge in [0.2, 0.25) is 5.91 Å². The van der Waals surface area contributed by atoms with E-state index in [1.165, 1.54) is 0 Å². The molecule has 0 saturated heterocycles. The lowest BCUT2D eigenvalue weighted by molar-refractivity contribution is -0.122. The SMILES string of the molecule is CC1(C(N)=O)CC1(Cl)Cl. The molecule has 0 radical (unpaired) electrons. The van der Waals surface area contributed by atoms with Gasteiger partial charge in [-0.05, 0) is 13.3 Å². The van der Waals surface area contributed by atoms with Gasteiger partial charge in [-0.1, -0.05) is 0 Å². The lowest BCUT2D eigenvalue weighted by atomic mass is 10.1. The van der Waals surface area contributed by atoms with Crippen molar-refractivity contribution in [1.29, 1.82) is 0 Å². The molecule has 0 aromatic carbocycles. The molecule has 2 N–H and O–H groups in total. The summed E-state index contributed by atoms with van der Waals surface area (Å²) < 4.78 is -0.904. The average molecular weight is 168 g/mol. The Morgan fingerprint density at radius 3 is 2.00 bits per heavy atom. The van der Waals surface area contributed by atoms with Crippen LogP contribution in [0.2, 0.25) is 0 Å². The van der Waals surface area contributed by atoms with Gasteiger partial charge in [0, 0.05) is 0 Å². The summed E-state index contributed by atoms with van der Waals surface area (Å²) in [4.78, 5) is 10.6. The first-order valence-electron chi connectivity index (χ1n) is 2.58. The molecular formula is C5H7Cl2NO. The Morgan fingerprint density at radius 1 is 1.67 bits per heavy atom. The van der Waals surface area contributed by atoms with Crippen molar-refractivity contribution in [3.8, 4) is 0 Å². The number of carbonyl (C=O) groups excluding carboxylic acids is 1. The van der Waals surface area contributed by atoms with E-state index in [0.29, 0.717) is 6.42 Å². The molecule has 2 nitrogen and oxygen atoms in total. The molecule has 1 aliphatic carbocycles. The van der Waals surface area contributed by atoms with Gasteiger partial charge in [0.25, 0.3) is 0 Å². The molecule has 1 fully saturated rings. The standard InChI is InChI=1S/C5H7Cl2NO/c1-4(3(8)9)2-5(4,6)7/h2H2,1H3,(H2,8,9). The number of hydrogen-bond donors (Lipinski definition) is 1. The minimum absolute atomic E-state index is 0.424. The first kappa shape index (κ1) is 7.16. The molecule has 4 heteroatoms. The molecule has 1 atom stereocenters. The van der Waals surface area contributed by atoms with Crippen LogP contribution in [0.4, 0.5) is 0 Å². The Balaban J connectivity index is 2.74. The van der Waals surface area contributed by atoms with Crippen LogP contribution in [0.3, 0.4) is 0 Å². The Bertz CT molecular complexity index is 168. The largest absolute Gasteiger partial charge is 0.369 e. The molecule has 0 heterocycles. The van der Waals surface area contributed by atoms with Crippen molar-refractivity contribution in [2.24, 2.45) is 11.1 Å². The predicted molar refractivity (Wildman–Crippen MR) is 36.4 cm³/mol. The number of halogens is 2. The van der Waals surface area contributed by atoms with Crippen LogP contribution < -0.4 is 5.73 Å². The van der Waals surface area contributed by atoms with Crippen molar-refractivity contribution in [3.05, 3.63) is 0 Å². The van der Waals surface area contributed by atoms with Crippen molar-refractivity contribution in [3.63, 3.8) is 0 Å². The number of carbonyl (C=O) groups is 1. The predicted octanol–water partition coefficient (Wildman–Crippen LogP) is 1.06. The second kappa shape index (κ2) is 1.55. The van der Waals surface area contributed by atoms with Gasteiger partial charge in [0.15, 0.2) is 0 Å². The van der Waals surface area contributed by atoms with E-state index < -0.39 is 15.7 Å². The normalized spacial score (nSPS) is 38.1. The van der Waals surface area contributed by atoms with Gasteiger partial charge in [-0.2, -0.15) is 0 Å². The lowest BCUT2D eigenvalue weighted by Crippen LogP contribution is -2.26. The van der Waals surface area contributed by atoms with Crippen LogP contribution >= 0.6 is 23.2 Å². The molecule has 0 bridgehead atoms. The van der Waals surface area contributed by atoms with Crippen LogP contribution in [0, 0.1) is 5.41 Å². The Morgan fingerprint density at radius 2 is 2.00 bits per heavy atom. The monoisotopic (exact) mass is 167 g/mol. The maximum absolute atomic E-state index is 10.6. The Kier molecular flexibility index (Phi) is 1.24. The molecular weight excluding hydrogens is 161 g/mol. The number of nitrogens with two attached hydrogens (primary N) is 1. The summed E-state index contributed by atoms with van der Waals surface area (Å²) in [6.45, 7) is 1.66. The van der Waals surface area contributed by atoms with Crippen LogP contribution in [-0.4, -0.2) is 10.2 Å². The summed E-state index contributed by atoms with van der Waals surface area (Å²) in [7, 11) is 0. The van der Waals surface area contributed by atoms with Crippen molar-refractivity contribution in [2.45, 2.75) is 17.7 Å². The molecule has 1 unspecified atom stereocenters. The number of primary amides is 1. The summed E-state index contributed by atoms with van der Waals surface area (Å²) in [5.41, 5.74) is 4.32. The highest BCUT2D eigenvalue weighted by atomic mass is 35.5. The minimum Gasteiger partial charge on any atom is -0.369 e. The molecule has 9 heavy (non-hydrogen) atoms. The van der Waals surface area contributed by atoms with Crippen LogP contribution in [0.1, 0.15) is 13.3 Å². The van der Waals surface area contributed by atoms with E-state index in [-0.39, 0.29) is 0 Å². The van der Waals surface area contributed by atoms with Crippen molar-refractivity contribution < 1.29 is 4.79 Å². The third-order valence-corrected chi connectivity index (χ3v) is 2.90. The summed E-state index contributed by atoms with van der Waals surface area (Å²) in [5, 5.41) is 0. The third kappa shape index (κ3) is 0.812. The van der Waals surface area contributed by atoms with Crippen LogP contribution in [0.15, 0.2) is 0 Å². The second-order valence-corrected chi connectivity index (χ2v) is 4.06. The van der Waals surface area contributed by atoms with Gasteiger partial charge in [-0.15, -0.1) is 23.2 Å². The zero-order valence-corrected chi connectivity index (χ0v) is 6.46. The van der Waals surface area contributed by atoms with Gasteiger partial charge < -0.3 is 5.73 Å². The Labute approximate surface area is 63.3 Å². The maximum atomic E-state index is 10.6. The summed E-state index contributed by atoms with van der Waals surface area (Å²) in [5.74, 6) is -0.424. The topological polar surface area (TPSA) is 43.1 Å². The summed E-state index contributed by atoms with van der Waals surface area (Å²) in [6, 6.07) is 0. The Hall–Kier alpha value is 0.0500. The summed E-state index contributed by atoms with van der Waals surface area (Å²) in [6.07, 6.45) is 0.471. The van der Waals surface area contributed by atoms with Crippen molar-refractivity contribution >= 4 is 29.1 Å². The fourth-order valence-corrected chi connectivity index (χ4v) is 1.39. The highest BCUT2D eigenvalue weighted by molar-refractivity contribution is 6.53. The molecule has 1 amide bonds. The summed E-state index contributed by atoms with van der Waals surface area (Å²) >= 11 is 11.2. The second-order valence-electron chi connectivity index (χ2n) is 2.58. The third-order valence-electron chi connectivity index (χ3n) is 1.80. The van der Waals surface area contributed by atoms with Crippen LogP contribution in [0.5, 0.6) is 0 Å². The molecule has 1 rings (SSSR count). The molecule has 0 aromatic rings.